The fourth-order valence-corrected chi connectivity index (χ4v) is 3.92. The summed E-state index contributed by atoms with van der Waals surface area (Å²) in [5, 5.41) is 13.8. The largest absolute Gasteiger partial charge is 0.320 e. The summed E-state index contributed by atoms with van der Waals surface area (Å²) in [6.07, 6.45) is 0.249. The molecule has 0 saturated carbocycles. The number of nitrogens with one attached hydrogen (secondary N) is 3. The number of carbonyl (C=O) groups excluding carboxylic acids is 2. The third-order valence-electron chi connectivity index (χ3n) is 4.35. The molecule has 3 N–H and O–H groups in total. The van der Waals surface area contributed by atoms with Crippen LogP contribution in [0.3, 0.4) is 0 Å². The zero-order chi connectivity index (χ0) is 20.4. The molecule has 0 aliphatic heterocycles. The highest BCUT2D eigenvalue weighted by atomic mass is 35.5. The molecule has 4 rings (SSSR count). The molecule has 2 heterocycles. The van der Waals surface area contributed by atoms with Crippen LogP contribution >= 0.6 is 22.9 Å². The van der Waals surface area contributed by atoms with Gasteiger partial charge in [-0.3, -0.25) is 14.7 Å². The molecule has 146 valence electrons. The zero-order valence-electron chi connectivity index (χ0n) is 15.5. The third-order valence-corrected chi connectivity index (χ3v) is 5.71. The lowest BCUT2D eigenvalue weighted by Gasteiger charge is -2.05. The van der Waals surface area contributed by atoms with Crippen LogP contribution in [-0.4, -0.2) is 22.0 Å². The number of aryl methyl sites for hydroxylation is 1. The fraction of sp³-hybridized carbons (Fsp3) is 0.0952. The van der Waals surface area contributed by atoms with Crippen LogP contribution in [0.25, 0.3) is 10.2 Å². The first-order valence-electron chi connectivity index (χ1n) is 8.89. The minimum absolute atomic E-state index is 0.171. The number of anilines is 2. The SMILES string of the molecule is Cc1ccc(CC(=O)Nc2n[nH]c3sc(C(=O)Nc4ccccc4Cl)cc23)cc1. The van der Waals surface area contributed by atoms with Gasteiger partial charge in [0.05, 0.1) is 27.4 Å². The summed E-state index contributed by atoms with van der Waals surface area (Å²) in [5.41, 5.74) is 2.61. The maximum atomic E-state index is 12.6. The topological polar surface area (TPSA) is 86.9 Å². The Labute approximate surface area is 175 Å². The van der Waals surface area contributed by atoms with E-state index in [1.54, 1.807) is 30.3 Å². The molecule has 0 aliphatic rings. The van der Waals surface area contributed by atoms with Gasteiger partial charge in [0.2, 0.25) is 5.91 Å². The van der Waals surface area contributed by atoms with Gasteiger partial charge in [0, 0.05) is 0 Å². The second-order valence-electron chi connectivity index (χ2n) is 6.57. The van der Waals surface area contributed by atoms with E-state index in [2.05, 4.69) is 20.8 Å². The van der Waals surface area contributed by atoms with E-state index >= 15 is 0 Å². The Balaban J connectivity index is 1.48. The average molecular weight is 425 g/mol. The van der Waals surface area contributed by atoms with E-state index in [4.69, 9.17) is 11.6 Å². The first-order chi connectivity index (χ1) is 14.0. The van der Waals surface area contributed by atoms with Crippen molar-refractivity contribution in [3.05, 3.63) is 75.6 Å². The van der Waals surface area contributed by atoms with Crippen LogP contribution in [-0.2, 0) is 11.2 Å². The number of benzene rings is 2. The molecule has 0 fully saturated rings. The van der Waals surface area contributed by atoms with Gasteiger partial charge < -0.3 is 10.6 Å². The molecule has 29 heavy (non-hydrogen) atoms. The van der Waals surface area contributed by atoms with Crippen molar-refractivity contribution in [2.24, 2.45) is 0 Å². The summed E-state index contributed by atoms with van der Waals surface area (Å²) in [6.45, 7) is 2.00. The van der Waals surface area contributed by atoms with Gasteiger partial charge in [0.1, 0.15) is 4.83 Å². The van der Waals surface area contributed by atoms with Crippen molar-refractivity contribution in [1.82, 2.24) is 10.2 Å². The molecule has 0 radical (unpaired) electrons. The van der Waals surface area contributed by atoms with Crippen molar-refractivity contribution in [3.63, 3.8) is 0 Å². The van der Waals surface area contributed by atoms with Crippen LogP contribution in [0.15, 0.2) is 54.6 Å². The van der Waals surface area contributed by atoms with Crippen LogP contribution in [0.2, 0.25) is 5.02 Å². The zero-order valence-corrected chi connectivity index (χ0v) is 17.0. The predicted octanol–water partition coefficient (Wildman–Crippen LogP) is 5.02. The molecule has 2 aromatic carbocycles. The Hall–Kier alpha value is -3.16. The number of fused-ring (bicyclic) bond motifs is 1. The Kier molecular flexibility index (Phi) is 5.33. The van der Waals surface area contributed by atoms with Crippen molar-refractivity contribution >= 4 is 56.5 Å². The number of halogens is 1. The van der Waals surface area contributed by atoms with Crippen molar-refractivity contribution < 1.29 is 9.59 Å². The smallest absolute Gasteiger partial charge is 0.265 e. The molecule has 4 aromatic rings. The van der Waals surface area contributed by atoms with Crippen LogP contribution in [0.5, 0.6) is 0 Å². The van der Waals surface area contributed by atoms with Crippen molar-refractivity contribution in [3.8, 4) is 0 Å². The minimum atomic E-state index is -0.273. The van der Waals surface area contributed by atoms with Gasteiger partial charge in [-0.2, -0.15) is 5.10 Å². The molecule has 0 spiro atoms. The summed E-state index contributed by atoms with van der Waals surface area (Å²) in [4.78, 5) is 26.1. The highest BCUT2D eigenvalue weighted by molar-refractivity contribution is 7.20. The number of H-pyrrole nitrogens is 1. The predicted molar refractivity (Wildman–Crippen MR) is 117 cm³/mol. The lowest BCUT2D eigenvalue weighted by atomic mass is 10.1. The number of rotatable bonds is 5. The standard InChI is InChI=1S/C21H17ClN4O2S/c1-12-6-8-13(9-7-12)10-18(27)24-19-14-11-17(29-21(14)26-25-19)20(28)23-16-5-3-2-4-15(16)22/h2-9,11H,10H2,1H3,(H,23,28)(H2,24,25,26,27). The molecule has 8 heteroatoms. The van der Waals surface area contributed by atoms with Gasteiger partial charge in [-0.05, 0) is 30.7 Å². The first-order valence-corrected chi connectivity index (χ1v) is 10.1. The Morgan fingerprint density at radius 2 is 1.86 bits per heavy atom. The summed E-state index contributed by atoms with van der Waals surface area (Å²) in [5.74, 6) is -0.0368. The number of aromatic nitrogens is 2. The summed E-state index contributed by atoms with van der Waals surface area (Å²) in [7, 11) is 0. The van der Waals surface area contributed by atoms with E-state index < -0.39 is 0 Å². The number of nitrogens with zero attached hydrogens (tertiary/aromatic N) is 1. The quantitative estimate of drug-likeness (QED) is 0.420. The number of carbonyl (C=O) groups is 2. The van der Waals surface area contributed by atoms with Crippen LogP contribution in [0.4, 0.5) is 11.5 Å². The van der Waals surface area contributed by atoms with Gasteiger partial charge in [-0.1, -0.05) is 53.6 Å². The maximum Gasteiger partial charge on any atom is 0.265 e. The second kappa shape index (κ2) is 8.06. The Morgan fingerprint density at radius 3 is 2.62 bits per heavy atom. The van der Waals surface area contributed by atoms with E-state index in [0.717, 1.165) is 11.1 Å². The van der Waals surface area contributed by atoms with E-state index in [9.17, 15) is 9.59 Å². The number of hydrogen-bond donors (Lipinski definition) is 3. The second-order valence-corrected chi connectivity index (χ2v) is 8.03. The highest BCUT2D eigenvalue weighted by Crippen LogP contribution is 2.30. The lowest BCUT2D eigenvalue weighted by Crippen LogP contribution is -2.15. The number of para-hydroxylation sites is 1. The van der Waals surface area contributed by atoms with E-state index in [1.165, 1.54) is 11.3 Å². The molecule has 0 saturated heterocycles. The summed E-state index contributed by atoms with van der Waals surface area (Å²) >= 11 is 7.36. The van der Waals surface area contributed by atoms with Crippen molar-refractivity contribution in [2.45, 2.75) is 13.3 Å². The van der Waals surface area contributed by atoms with Gasteiger partial charge in [-0.25, -0.2) is 0 Å². The van der Waals surface area contributed by atoms with Crippen LogP contribution < -0.4 is 10.6 Å². The van der Waals surface area contributed by atoms with Gasteiger partial charge in [0.15, 0.2) is 5.82 Å². The van der Waals surface area contributed by atoms with E-state index in [0.29, 0.717) is 31.6 Å². The molecular formula is C21H17ClN4O2S. The Bertz CT molecular complexity index is 1200. The van der Waals surface area contributed by atoms with Crippen molar-refractivity contribution in [2.75, 3.05) is 10.6 Å². The van der Waals surface area contributed by atoms with Gasteiger partial charge in [-0.15, -0.1) is 11.3 Å². The molecule has 2 amide bonds. The molecule has 6 nitrogen and oxygen atoms in total. The van der Waals surface area contributed by atoms with E-state index in [-0.39, 0.29) is 18.2 Å². The highest BCUT2D eigenvalue weighted by Gasteiger charge is 2.17. The maximum absolute atomic E-state index is 12.6. The fourth-order valence-electron chi connectivity index (χ4n) is 2.84. The number of thiophene rings is 1. The third kappa shape index (κ3) is 4.31. The number of hydrogen-bond acceptors (Lipinski definition) is 4. The van der Waals surface area contributed by atoms with Gasteiger partial charge >= 0.3 is 0 Å². The minimum Gasteiger partial charge on any atom is -0.320 e. The molecule has 0 aliphatic carbocycles. The van der Waals surface area contributed by atoms with Crippen molar-refractivity contribution in [1.29, 1.82) is 0 Å². The molecule has 0 bridgehead atoms. The van der Waals surface area contributed by atoms with E-state index in [1.807, 2.05) is 31.2 Å². The monoisotopic (exact) mass is 424 g/mol. The molecular weight excluding hydrogens is 408 g/mol. The molecule has 0 atom stereocenters. The van der Waals surface area contributed by atoms with Crippen LogP contribution in [0, 0.1) is 6.92 Å². The number of amides is 2. The first kappa shape index (κ1) is 19.2. The van der Waals surface area contributed by atoms with Gasteiger partial charge in [0.25, 0.3) is 5.91 Å². The molecule has 0 unspecified atom stereocenters. The Morgan fingerprint density at radius 1 is 1.10 bits per heavy atom. The lowest BCUT2D eigenvalue weighted by molar-refractivity contribution is -0.115. The average Bonchev–Trinajstić information content (AvgIpc) is 3.28. The summed E-state index contributed by atoms with van der Waals surface area (Å²) < 4.78 is 0. The molecule has 2 aromatic heterocycles. The number of aromatic amines is 1. The summed E-state index contributed by atoms with van der Waals surface area (Å²) in [6, 6.07) is 16.5. The normalized spacial score (nSPS) is 10.8. The van der Waals surface area contributed by atoms with Crippen LogP contribution in [0.1, 0.15) is 20.8 Å².